The van der Waals surface area contributed by atoms with E-state index < -0.39 is 0 Å². The maximum absolute atomic E-state index is 12.3. The molecule has 0 bridgehead atoms. The first-order valence-corrected chi connectivity index (χ1v) is 6.15. The Hall–Kier alpha value is -1.15. The van der Waals surface area contributed by atoms with Gasteiger partial charge >= 0.3 is 0 Å². The summed E-state index contributed by atoms with van der Waals surface area (Å²) in [6.45, 7) is 0.606. The van der Waals surface area contributed by atoms with Crippen molar-refractivity contribution in [2.24, 2.45) is 11.7 Å². The smallest absolute Gasteiger partial charge is 0.166 e. The zero-order chi connectivity index (χ0) is 11.4. The van der Waals surface area contributed by atoms with Gasteiger partial charge in [0.1, 0.15) is 0 Å². The van der Waals surface area contributed by atoms with Gasteiger partial charge in [-0.2, -0.15) is 0 Å². The van der Waals surface area contributed by atoms with Gasteiger partial charge < -0.3 is 5.73 Å². The fraction of sp³-hybridized carbons (Fsp3) is 0.500. The lowest BCUT2D eigenvalue weighted by molar-refractivity contribution is 0.0922. The normalized spacial score (nSPS) is 16.6. The molecule has 1 aromatic rings. The van der Waals surface area contributed by atoms with Gasteiger partial charge in [0, 0.05) is 11.5 Å². The maximum Gasteiger partial charge on any atom is 0.166 e. The van der Waals surface area contributed by atoms with E-state index in [9.17, 15) is 4.79 Å². The van der Waals surface area contributed by atoms with E-state index in [4.69, 9.17) is 5.73 Å². The molecule has 86 valence electrons. The van der Waals surface area contributed by atoms with Crippen LogP contribution in [0.2, 0.25) is 0 Å². The second-order valence-electron chi connectivity index (χ2n) is 4.54. The molecule has 0 spiro atoms. The molecule has 0 atom stereocenters. The summed E-state index contributed by atoms with van der Waals surface area (Å²) in [7, 11) is 0. The third-order valence-corrected chi connectivity index (χ3v) is 3.42. The highest BCUT2D eigenvalue weighted by molar-refractivity contribution is 5.99. The molecule has 0 aliphatic heterocycles. The van der Waals surface area contributed by atoms with Gasteiger partial charge in [0.2, 0.25) is 0 Å². The zero-order valence-electron chi connectivity index (χ0n) is 9.61. The molecule has 2 heteroatoms. The topological polar surface area (TPSA) is 43.1 Å². The van der Waals surface area contributed by atoms with Crippen LogP contribution in [0.1, 0.15) is 41.6 Å². The molecule has 2 nitrogen and oxygen atoms in total. The van der Waals surface area contributed by atoms with Crippen molar-refractivity contribution in [2.45, 2.75) is 32.1 Å². The number of rotatable bonds is 4. The summed E-state index contributed by atoms with van der Waals surface area (Å²) in [5.41, 5.74) is 7.59. The lowest BCUT2D eigenvalue weighted by atomic mass is 9.92. The fourth-order valence-corrected chi connectivity index (χ4v) is 2.54. The summed E-state index contributed by atoms with van der Waals surface area (Å²) in [6.07, 6.45) is 5.34. The third-order valence-electron chi connectivity index (χ3n) is 3.42. The highest BCUT2D eigenvalue weighted by Crippen LogP contribution is 2.29. The van der Waals surface area contributed by atoms with E-state index in [1.54, 1.807) is 0 Å². The number of nitrogens with two attached hydrogens (primary N) is 1. The first-order valence-electron chi connectivity index (χ1n) is 6.15. The van der Waals surface area contributed by atoms with Gasteiger partial charge in [-0.3, -0.25) is 4.79 Å². The first-order chi connectivity index (χ1) is 7.83. The van der Waals surface area contributed by atoms with Crippen LogP contribution < -0.4 is 5.73 Å². The quantitative estimate of drug-likeness (QED) is 0.788. The van der Waals surface area contributed by atoms with Crippen LogP contribution in [0, 0.1) is 5.92 Å². The van der Waals surface area contributed by atoms with E-state index in [2.05, 4.69) is 0 Å². The van der Waals surface area contributed by atoms with E-state index in [1.165, 1.54) is 12.8 Å². The van der Waals surface area contributed by atoms with E-state index in [0.29, 0.717) is 12.3 Å². The second-order valence-corrected chi connectivity index (χ2v) is 4.54. The van der Waals surface area contributed by atoms with Crippen molar-refractivity contribution < 1.29 is 4.79 Å². The van der Waals surface area contributed by atoms with Gasteiger partial charge in [-0.15, -0.1) is 0 Å². The van der Waals surface area contributed by atoms with Crippen molar-refractivity contribution in [1.29, 1.82) is 0 Å². The largest absolute Gasteiger partial charge is 0.330 e. The second kappa shape index (κ2) is 5.26. The molecule has 1 saturated carbocycles. The Morgan fingerprint density at radius 3 is 2.62 bits per heavy atom. The van der Waals surface area contributed by atoms with Gasteiger partial charge in [0.05, 0.1) is 0 Å². The predicted molar refractivity (Wildman–Crippen MR) is 65.5 cm³/mol. The number of benzene rings is 1. The molecular formula is C14H19NO. The molecule has 1 fully saturated rings. The minimum absolute atomic E-state index is 0.263. The van der Waals surface area contributed by atoms with E-state index in [0.717, 1.165) is 30.4 Å². The van der Waals surface area contributed by atoms with E-state index in [1.807, 2.05) is 24.3 Å². The fourth-order valence-electron chi connectivity index (χ4n) is 2.54. The monoisotopic (exact) mass is 217 g/mol. The van der Waals surface area contributed by atoms with Crippen LogP contribution in [-0.2, 0) is 6.42 Å². The molecular weight excluding hydrogens is 198 g/mol. The number of hydrogen-bond acceptors (Lipinski definition) is 2. The van der Waals surface area contributed by atoms with Crippen LogP contribution in [-0.4, -0.2) is 12.3 Å². The van der Waals surface area contributed by atoms with Crippen LogP contribution in [0.3, 0.4) is 0 Å². The molecule has 1 aromatic carbocycles. The lowest BCUT2D eigenvalue weighted by Gasteiger charge is -2.11. The average molecular weight is 217 g/mol. The van der Waals surface area contributed by atoms with E-state index in [-0.39, 0.29) is 5.92 Å². The molecule has 1 aliphatic carbocycles. The number of carbonyl (C=O) groups is 1. The molecule has 2 rings (SSSR count). The summed E-state index contributed by atoms with van der Waals surface area (Å²) in [4.78, 5) is 12.3. The van der Waals surface area contributed by atoms with Crippen molar-refractivity contribution in [2.75, 3.05) is 6.54 Å². The van der Waals surface area contributed by atoms with Crippen molar-refractivity contribution >= 4 is 5.78 Å². The summed E-state index contributed by atoms with van der Waals surface area (Å²) < 4.78 is 0. The Morgan fingerprint density at radius 1 is 1.25 bits per heavy atom. The molecule has 0 saturated heterocycles. The van der Waals surface area contributed by atoms with Crippen LogP contribution in [0.25, 0.3) is 0 Å². The van der Waals surface area contributed by atoms with Crippen molar-refractivity contribution in [1.82, 2.24) is 0 Å². The third kappa shape index (κ3) is 2.33. The van der Waals surface area contributed by atoms with Crippen LogP contribution in [0.5, 0.6) is 0 Å². The molecule has 0 amide bonds. The van der Waals surface area contributed by atoms with Gasteiger partial charge in [0.25, 0.3) is 0 Å². The number of ketones is 1. The molecule has 0 unspecified atom stereocenters. The first kappa shape index (κ1) is 11.3. The van der Waals surface area contributed by atoms with Crippen LogP contribution in [0.15, 0.2) is 24.3 Å². The minimum Gasteiger partial charge on any atom is -0.330 e. The maximum atomic E-state index is 12.3. The van der Waals surface area contributed by atoms with Crippen molar-refractivity contribution in [3.63, 3.8) is 0 Å². The Bertz CT molecular complexity index is 367. The van der Waals surface area contributed by atoms with E-state index >= 15 is 0 Å². The Balaban J connectivity index is 2.21. The molecule has 0 heterocycles. The summed E-state index contributed by atoms with van der Waals surface area (Å²) >= 11 is 0. The molecule has 0 aromatic heterocycles. The average Bonchev–Trinajstić information content (AvgIpc) is 2.83. The minimum atomic E-state index is 0.263. The summed E-state index contributed by atoms with van der Waals surface area (Å²) in [5, 5.41) is 0. The van der Waals surface area contributed by atoms with Gasteiger partial charge in [-0.05, 0) is 31.4 Å². The summed E-state index contributed by atoms with van der Waals surface area (Å²) in [6, 6.07) is 7.90. The van der Waals surface area contributed by atoms with Gasteiger partial charge in [-0.25, -0.2) is 0 Å². The van der Waals surface area contributed by atoms with Crippen molar-refractivity contribution in [3.05, 3.63) is 35.4 Å². The Morgan fingerprint density at radius 2 is 1.94 bits per heavy atom. The van der Waals surface area contributed by atoms with Crippen LogP contribution in [0.4, 0.5) is 0 Å². The number of Topliss-reactive ketones (excluding diaryl/α,β-unsaturated/α-hetero) is 1. The van der Waals surface area contributed by atoms with Gasteiger partial charge in [0.15, 0.2) is 5.78 Å². The zero-order valence-corrected chi connectivity index (χ0v) is 9.61. The number of carbonyl (C=O) groups excluding carboxylic acids is 1. The summed E-state index contributed by atoms with van der Waals surface area (Å²) in [5.74, 6) is 0.598. The number of hydrogen-bond donors (Lipinski definition) is 1. The van der Waals surface area contributed by atoms with Crippen molar-refractivity contribution in [3.8, 4) is 0 Å². The predicted octanol–water partition coefficient (Wildman–Crippen LogP) is 2.56. The highest BCUT2D eigenvalue weighted by atomic mass is 16.1. The SMILES string of the molecule is NCCc1ccccc1C(=O)C1CCCC1. The molecule has 0 radical (unpaired) electrons. The van der Waals surface area contributed by atoms with Crippen LogP contribution >= 0.6 is 0 Å². The Labute approximate surface area is 96.8 Å². The molecule has 16 heavy (non-hydrogen) atoms. The standard InChI is InChI=1S/C14H19NO/c15-10-9-11-5-3-4-8-13(11)14(16)12-6-1-2-7-12/h3-5,8,12H,1-2,6-7,9-10,15H2. The lowest BCUT2D eigenvalue weighted by Crippen LogP contribution is -2.15. The highest BCUT2D eigenvalue weighted by Gasteiger charge is 2.24. The molecule has 2 N–H and O–H groups in total. The Kier molecular flexibility index (Phi) is 3.73. The molecule has 1 aliphatic rings. The van der Waals surface area contributed by atoms with Gasteiger partial charge in [-0.1, -0.05) is 37.1 Å².